The number of nitrogens with zero attached hydrogens (tertiary/aromatic N) is 3. The van der Waals surface area contributed by atoms with Crippen molar-refractivity contribution in [2.45, 2.75) is 20.3 Å². The Balaban J connectivity index is 2.66. The highest BCUT2D eigenvalue weighted by Crippen LogP contribution is 2.41. The van der Waals surface area contributed by atoms with Crippen LogP contribution in [0.25, 0.3) is 0 Å². The van der Waals surface area contributed by atoms with Crippen molar-refractivity contribution in [2.75, 3.05) is 18.0 Å². The van der Waals surface area contributed by atoms with Gasteiger partial charge >= 0.3 is 0 Å². The number of primary amides is 1. The van der Waals surface area contributed by atoms with Crippen molar-refractivity contribution >= 4 is 23.0 Å². The van der Waals surface area contributed by atoms with E-state index in [0.717, 1.165) is 18.6 Å². The van der Waals surface area contributed by atoms with Gasteiger partial charge in [0.25, 0.3) is 11.4 Å². The fraction of sp³-hybridized carbons (Fsp3) is 0.500. The number of carbonyl (C=O) groups is 1. The van der Waals surface area contributed by atoms with Gasteiger partial charge in [0, 0.05) is 25.2 Å². The minimum Gasteiger partial charge on any atom is -0.366 e. The Morgan fingerprint density at radius 1 is 1.13 bits per heavy atom. The standard InChI is InChI=1S/C14H18N4O5/c1-8-3-9(2)7-16(6-8)13-11(17(20)21)4-10(14(15)19)5-12(13)18(22)23/h4-5,8-9H,3,6-7H2,1-2H3,(H2,15,19). The molecule has 1 aliphatic rings. The largest absolute Gasteiger partial charge is 0.366 e. The number of rotatable bonds is 4. The summed E-state index contributed by atoms with van der Waals surface area (Å²) >= 11 is 0. The Morgan fingerprint density at radius 3 is 1.91 bits per heavy atom. The van der Waals surface area contributed by atoms with Crippen molar-refractivity contribution in [3.63, 3.8) is 0 Å². The van der Waals surface area contributed by atoms with Crippen molar-refractivity contribution in [2.24, 2.45) is 17.6 Å². The van der Waals surface area contributed by atoms with Crippen molar-refractivity contribution in [3.05, 3.63) is 37.9 Å². The maximum atomic E-state index is 11.4. The van der Waals surface area contributed by atoms with Crippen LogP contribution in [0.5, 0.6) is 0 Å². The number of piperidine rings is 1. The molecule has 9 nitrogen and oxygen atoms in total. The number of nitro groups is 2. The van der Waals surface area contributed by atoms with Crippen LogP contribution in [0.1, 0.15) is 30.6 Å². The number of nitro benzene ring substituents is 2. The monoisotopic (exact) mass is 322 g/mol. The average Bonchev–Trinajstić information content (AvgIpc) is 2.44. The lowest BCUT2D eigenvalue weighted by molar-refractivity contribution is -0.392. The molecule has 2 unspecified atom stereocenters. The van der Waals surface area contributed by atoms with Crippen molar-refractivity contribution in [1.29, 1.82) is 0 Å². The van der Waals surface area contributed by atoms with E-state index in [1.807, 2.05) is 13.8 Å². The van der Waals surface area contributed by atoms with Gasteiger partial charge in [-0.15, -0.1) is 0 Å². The molecular formula is C14H18N4O5. The van der Waals surface area contributed by atoms with Gasteiger partial charge in [0.1, 0.15) is 0 Å². The maximum Gasteiger partial charge on any atom is 0.300 e. The van der Waals surface area contributed by atoms with E-state index in [-0.39, 0.29) is 23.1 Å². The van der Waals surface area contributed by atoms with E-state index in [1.54, 1.807) is 4.90 Å². The van der Waals surface area contributed by atoms with Crippen LogP contribution in [-0.2, 0) is 0 Å². The number of nitrogens with two attached hydrogens (primary N) is 1. The molecule has 0 aromatic heterocycles. The van der Waals surface area contributed by atoms with Gasteiger partial charge < -0.3 is 10.6 Å². The summed E-state index contributed by atoms with van der Waals surface area (Å²) in [6, 6.07) is 2.02. The molecule has 1 heterocycles. The molecule has 0 radical (unpaired) electrons. The van der Waals surface area contributed by atoms with E-state index >= 15 is 0 Å². The molecule has 1 aromatic carbocycles. The summed E-state index contributed by atoms with van der Waals surface area (Å²) in [5.74, 6) is -0.425. The normalized spacial score (nSPS) is 21.0. The third-order valence-electron chi connectivity index (χ3n) is 3.93. The van der Waals surface area contributed by atoms with E-state index in [0.29, 0.717) is 13.1 Å². The SMILES string of the molecule is CC1CC(C)CN(c2c([N+](=O)[O-])cc(C(N)=O)cc2[N+](=O)[O-])C1. The Hall–Kier alpha value is -2.71. The predicted molar refractivity (Wildman–Crippen MR) is 83.4 cm³/mol. The lowest BCUT2D eigenvalue weighted by atomic mass is 9.91. The van der Waals surface area contributed by atoms with Gasteiger partial charge in [0.05, 0.1) is 15.4 Å². The van der Waals surface area contributed by atoms with E-state index in [4.69, 9.17) is 5.73 Å². The van der Waals surface area contributed by atoms with E-state index in [1.165, 1.54) is 0 Å². The minimum absolute atomic E-state index is 0.0524. The van der Waals surface area contributed by atoms with Gasteiger partial charge in [-0.2, -0.15) is 0 Å². The number of carbonyl (C=O) groups excluding carboxylic acids is 1. The van der Waals surface area contributed by atoms with Crippen LogP contribution in [0.15, 0.2) is 12.1 Å². The van der Waals surface area contributed by atoms with Crippen molar-refractivity contribution in [3.8, 4) is 0 Å². The molecule has 1 amide bonds. The lowest BCUT2D eigenvalue weighted by Crippen LogP contribution is -2.39. The highest BCUT2D eigenvalue weighted by molar-refractivity contribution is 5.96. The summed E-state index contributed by atoms with van der Waals surface area (Å²) in [6.45, 7) is 4.97. The molecule has 23 heavy (non-hydrogen) atoms. The topological polar surface area (TPSA) is 133 Å². The summed E-state index contributed by atoms with van der Waals surface area (Å²) in [7, 11) is 0. The van der Waals surface area contributed by atoms with Crippen LogP contribution in [0.2, 0.25) is 0 Å². The Morgan fingerprint density at radius 2 is 1.57 bits per heavy atom. The molecule has 9 heteroatoms. The number of hydrogen-bond donors (Lipinski definition) is 1. The van der Waals surface area contributed by atoms with Gasteiger partial charge in [-0.1, -0.05) is 13.8 Å². The summed E-state index contributed by atoms with van der Waals surface area (Å²) in [6.07, 6.45) is 0.956. The molecule has 2 rings (SSSR count). The molecule has 1 aromatic rings. The highest BCUT2D eigenvalue weighted by Gasteiger charge is 2.35. The van der Waals surface area contributed by atoms with E-state index in [9.17, 15) is 25.0 Å². The zero-order valence-corrected chi connectivity index (χ0v) is 12.9. The molecule has 124 valence electrons. The summed E-state index contributed by atoms with van der Waals surface area (Å²) in [5.41, 5.74) is 3.90. The molecular weight excluding hydrogens is 304 g/mol. The lowest BCUT2D eigenvalue weighted by Gasteiger charge is -2.35. The second-order valence-electron chi connectivity index (χ2n) is 6.09. The van der Waals surface area contributed by atoms with Gasteiger partial charge in [-0.25, -0.2) is 0 Å². The number of anilines is 1. The van der Waals surface area contributed by atoms with Gasteiger partial charge in [0.2, 0.25) is 5.91 Å². The minimum atomic E-state index is -0.942. The van der Waals surface area contributed by atoms with Crippen LogP contribution in [0.4, 0.5) is 17.1 Å². The molecule has 1 fully saturated rings. The first kappa shape index (κ1) is 16.7. The average molecular weight is 322 g/mol. The Bertz CT molecular complexity index is 630. The quantitative estimate of drug-likeness (QED) is 0.666. The van der Waals surface area contributed by atoms with Crippen molar-refractivity contribution in [1.82, 2.24) is 0 Å². The molecule has 0 aliphatic carbocycles. The summed E-state index contributed by atoms with van der Waals surface area (Å²) < 4.78 is 0. The second-order valence-corrected chi connectivity index (χ2v) is 6.09. The smallest absolute Gasteiger partial charge is 0.300 e. The van der Waals surface area contributed by atoms with E-state index < -0.39 is 27.1 Å². The zero-order chi connectivity index (χ0) is 17.3. The predicted octanol–water partition coefficient (Wildman–Crippen LogP) is 2.08. The molecule has 1 saturated heterocycles. The summed E-state index contributed by atoms with van der Waals surface area (Å²) in [5, 5.41) is 22.8. The molecule has 2 N–H and O–H groups in total. The zero-order valence-electron chi connectivity index (χ0n) is 12.9. The third-order valence-corrected chi connectivity index (χ3v) is 3.93. The molecule has 0 spiro atoms. The first-order chi connectivity index (χ1) is 10.7. The first-order valence-electron chi connectivity index (χ1n) is 7.22. The Labute approximate surface area is 132 Å². The maximum absolute atomic E-state index is 11.4. The third kappa shape index (κ3) is 3.38. The molecule has 2 atom stereocenters. The fourth-order valence-electron chi connectivity index (χ4n) is 3.19. The fourth-order valence-corrected chi connectivity index (χ4v) is 3.19. The summed E-state index contributed by atoms with van der Waals surface area (Å²) in [4.78, 5) is 34.3. The number of hydrogen-bond acceptors (Lipinski definition) is 6. The van der Waals surface area contributed by atoms with Gasteiger partial charge in [0.15, 0.2) is 5.69 Å². The van der Waals surface area contributed by atoms with Crippen LogP contribution in [0.3, 0.4) is 0 Å². The van der Waals surface area contributed by atoms with Crippen molar-refractivity contribution < 1.29 is 14.6 Å². The highest BCUT2D eigenvalue weighted by atomic mass is 16.6. The second kappa shape index (κ2) is 6.19. The number of amides is 1. The number of benzene rings is 1. The van der Waals surface area contributed by atoms with Crippen LogP contribution in [-0.4, -0.2) is 28.8 Å². The van der Waals surface area contributed by atoms with Gasteiger partial charge in [-0.05, 0) is 18.3 Å². The van der Waals surface area contributed by atoms with Crippen LogP contribution >= 0.6 is 0 Å². The molecule has 0 bridgehead atoms. The van der Waals surface area contributed by atoms with Crippen LogP contribution in [0, 0.1) is 32.1 Å². The van der Waals surface area contributed by atoms with E-state index in [2.05, 4.69) is 0 Å². The van der Waals surface area contributed by atoms with Gasteiger partial charge in [-0.3, -0.25) is 25.0 Å². The molecule has 1 aliphatic heterocycles. The molecule has 0 saturated carbocycles. The van der Waals surface area contributed by atoms with Crippen LogP contribution < -0.4 is 10.6 Å². The Kier molecular flexibility index (Phi) is 4.48. The first-order valence-corrected chi connectivity index (χ1v) is 7.22.